The number of allylic oxidation sites excluding steroid dienone is 2. The highest BCUT2D eigenvalue weighted by molar-refractivity contribution is 5.44. The zero-order valence-corrected chi connectivity index (χ0v) is 13.9. The van der Waals surface area contributed by atoms with Crippen LogP contribution in [0.5, 0.6) is 11.5 Å². The summed E-state index contributed by atoms with van der Waals surface area (Å²) in [7, 11) is 0. The van der Waals surface area contributed by atoms with Gasteiger partial charge in [0.05, 0.1) is 6.54 Å². The molecule has 4 rings (SSSR count). The van der Waals surface area contributed by atoms with Crippen LogP contribution < -0.4 is 19.3 Å². The quantitative estimate of drug-likeness (QED) is 0.769. The van der Waals surface area contributed by atoms with Crippen LogP contribution in [0.25, 0.3) is 0 Å². The third kappa shape index (κ3) is 3.70. The van der Waals surface area contributed by atoms with Crippen molar-refractivity contribution in [1.29, 1.82) is 0 Å². The van der Waals surface area contributed by atoms with Gasteiger partial charge in [-0.05, 0) is 37.5 Å². The molecule has 3 aliphatic rings. The molecule has 1 saturated heterocycles. The van der Waals surface area contributed by atoms with Gasteiger partial charge in [-0.2, -0.15) is 0 Å². The highest BCUT2D eigenvalue weighted by atomic mass is 16.7. The van der Waals surface area contributed by atoms with E-state index in [0.717, 1.165) is 24.0 Å². The van der Waals surface area contributed by atoms with Gasteiger partial charge in [-0.15, -0.1) is 0 Å². The van der Waals surface area contributed by atoms with Crippen molar-refractivity contribution in [3.05, 3.63) is 35.9 Å². The summed E-state index contributed by atoms with van der Waals surface area (Å²) < 4.78 is 10.9. The van der Waals surface area contributed by atoms with Gasteiger partial charge in [0.2, 0.25) is 6.79 Å². The summed E-state index contributed by atoms with van der Waals surface area (Å²) in [5.74, 6) is 2.72. The number of hydrogen-bond donors (Lipinski definition) is 2. The highest BCUT2D eigenvalue weighted by Gasteiger charge is 2.26. The molecule has 1 unspecified atom stereocenters. The average molecular weight is 316 g/mol. The summed E-state index contributed by atoms with van der Waals surface area (Å²) in [6.07, 6.45) is 8.72. The predicted molar refractivity (Wildman–Crippen MR) is 89.0 cm³/mol. The van der Waals surface area contributed by atoms with Crippen LogP contribution in [0.3, 0.4) is 0 Å². The van der Waals surface area contributed by atoms with Crippen molar-refractivity contribution >= 4 is 0 Å². The van der Waals surface area contributed by atoms with E-state index in [1.807, 2.05) is 4.90 Å². The maximum absolute atomic E-state index is 5.49. The first-order valence-corrected chi connectivity index (χ1v) is 9.07. The lowest BCUT2D eigenvalue weighted by atomic mass is 9.94. The fourth-order valence-electron chi connectivity index (χ4n) is 4.13. The number of piperazine rings is 1. The van der Waals surface area contributed by atoms with E-state index in [2.05, 4.69) is 30.4 Å². The monoisotopic (exact) mass is 316 g/mol. The number of ether oxygens (including phenoxy) is 2. The van der Waals surface area contributed by atoms with Gasteiger partial charge in [0, 0.05) is 11.5 Å². The second-order valence-electron chi connectivity index (χ2n) is 7.22. The van der Waals surface area contributed by atoms with Crippen molar-refractivity contribution in [2.24, 2.45) is 5.92 Å². The lowest BCUT2D eigenvalue weighted by Gasteiger charge is -2.32. The van der Waals surface area contributed by atoms with Gasteiger partial charge in [0.1, 0.15) is 32.7 Å². The Morgan fingerprint density at radius 1 is 0.957 bits per heavy atom. The van der Waals surface area contributed by atoms with Crippen LogP contribution in [0.1, 0.15) is 24.8 Å². The van der Waals surface area contributed by atoms with Crippen LogP contribution in [-0.4, -0.2) is 39.5 Å². The molecule has 0 amide bonds. The van der Waals surface area contributed by atoms with Crippen LogP contribution in [0.2, 0.25) is 0 Å². The first kappa shape index (κ1) is 15.0. The Kier molecular flexibility index (Phi) is 4.53. The van der Waals surface area contributed by atoms with Gasteiger partial charge < -0.3 is 19.3 Å². The Labute approximate surface area is 138 Å². The number of hydrogen-bond acceptors (Lipinski definition) is 2. The van der Waals surface area contributed by atoms with E-state index in [9.17, 15) is 0 Å². The minimum atomic E-state index is 0.365. The van der Waals surface area contributed by atoms with Crippen molar-refractivity contribution in [2.75, 3.05) is 39.5 Å². The Hall–Kier alpha value is -1.52. The van der Waals surface area contributed by atoms with Gasteiger partial charge in [-0.3, -0.25) is 0 Å². The number of fused-ring (bicyclic) bond motifs is 1. The molecule has 2 aliphatic heterocycles. The molecule has 1 aromatic carbocycles. The molecule has 0 saturated carbocycles. The molecular formula is C19H28N2O2+2. The zero-order chi connectivity index (χ0) is 15.5. The summed E-state index contributed by atoms with van der Waals surface area (Å²) in [5.41, 5.74) is 1.37. The van der Waals surface area contributed by atoms with Crippen LogP contribution in [-0.2, 0) is 6.54 Å². The van der Waals surface area contributed by atoms with E-state index in [1.54, 1.807) is 4.90 Å². The molecule has 4 nitrogen and oxygen atoms in total. The Balaban J connectivity index is 1.25. The summed E-state index contributed by atoms with van der Waals surface area (Å²) >= 11 is 0. The van der Waals surface area contributed by atoms with Crippen LogP contribution in [0.4, 0.5) is 0 Å². The molecule has 0 radical (unpaired) electrons. The second kappa shape index (κ2) is 6.93. The standard InChI is InChI=1S/C19H26N2O2/c1-2-4-16(5-3-1)13-20-8-10-21(11-9-20)14-17-6-7-18-19(12-17)23-15-22-18/h1-2,6-7,12,16H,3-5,8-11,13-15H2/p+2. The molecular weight excluding hydrogens is 288 g/mol. The number of benzene rings is 1. The Morgan fingerprint density at radius 3 is 2.61 bits per heavy atom. The molecule has 0 aromatic heterocycles. The number of rotatable bonds is 4. The van der Waals surface area contributed by atoms with E-state index in [-0.39, 0.29) is 0 Å². The van der Waals surface area contributed by atoms with Gasteiger partial charge in [0.15, 0.2) is 11.5 Å². The Bertz CT molecular complexity index is 564. The maximum atomic E-state index is 5.49. The van der Waals surface area contributed by atoms with E-state index in [4.69, 9.17) is 9.47 Å². The van der Waals surface area contributed by atoms with Crippen molar-refractivity contribution in [2.45, 2.75) is 25.8 Å². The minimum absolute atomic E-state index is 0.365. The van der Waals surface area contributed by atoms with Crippen LogP contribution in [0, 0.1) is 5.92 Å². The van der Waals surface area contributed by atoms with Gasteiger partial charge >= 0.3 is 0 Å². The van der Waals surface area contributed by atoms with Gasteiger partial charge in [-0.1, -0.05) is 12.2 Å². The topological polar surface area (TPSA) is 27.3 Å². The van der Waals surface area contributed by atoms with Crippen molar-refractivity contribution in [3.8, 4) is 11.5 Å². The lowest BCUT2D eigenvalue weighted by molar-refractivity contribution is -1.02. The van der Waals surface area contributed by atoms with E-state index in [1.165, 1.54) is 57.5 Å². The molecule has 2 heterocycles. The SMILES string of the molecule is C1=CCC(C[NH+]2CC[NH+](Cc3ccc4c(c3)OCO4)CC2)CC1. The molecule has 4 heteroatoms. The average Bonchev–Trinajstić information content (AvgIpc) is 3.05. The molecule has 1 atom stereocenters. The Morgan fingerprint density at radius 2 is 1.78 bits per heavy atom. The normalized spacial score (nSPS) is 29.7. The van der Waals surface area contributed by atoms with E-state index >= 15 is 0 Å². The summed E-state index contributed by atoms with van der Waals surface area (Å²) in [6.45, 7) is 8.06. The predicted octanol–water partition coefficient (Wildman–Crippen LogP) is 0.0550. The van der Waals surface area contributed by atoms with E-state index in [0.29, 0.717) is 6.79 Å². The van der Waals surface area contributed by atoms with Crippen molar-refractivity contribution in [1.82, 2.24) is 0 Å². The second-order valence-corrected chi connectivity index (χ2v) is 7.22. The third-order valence-electron chi connectivity index (χ3n) is 5.51. The lowest BCUT2D eigenvalue weighted by Crippen LogP contribution is -3.27. The number of quaternary nitrogens is 2. The third-order valence-corrected chi connectivity index (χ3v) is 5.51. The van der Waals surface area contributed by atoms with Crippen LogP contribution >= 0.6 is 0 Å². The van der Waals surface area contributed by atoms with Crippen LogP contribution in [0.15, 0.2) is 30.4 Å². The molecule has 0 spiro atoms. The smallest absolute Gasteiger partial charge is 0.231 e. The molecule has 1 fully saturated rings. The zero-order valence-electron chi connectivity index (χ0n) is 13.9. The highest BCUT2D eigenvalue weighted by Crippen LogP contribution is 2.32. The molecule has 124 valence electrons. The fraction of sp³-hybridized carbons (Fsp3) is 0.579. The summed E-state index contributed by atoms with van der Waals surface area (Å²) in [6, 6.07) is 6.40. The maximum Gasteiger partial charge on any atom is 0.231 e. The van der Waals surface area contributed by atoms with E-state index < -0.39 is 0 Å². The molecule has 23 heavy (non-hydrogen) atoms. The largest absolute Gasteiger partial charge is 0.454 e. The summed E-state index contributed by atoms with van der Waals surface area (Å²) in [5, 5.41) is 0. The van der Waals surface area contributed by atoms with Gasteiger partial charge in [-0.25, -0.2) is 0 Å². The molecule has 0 bridgehead atoms. The van der Waals surface area contributed by atoms with Crippen molar-refractivity contribution < 1.29 is 19.3 Å². The minimum Gasteiger partial charge on any atom is -0.454 e. The number of nitrogens with one attached hydrogen (secondary N) is 2. The fourth-order valence-corrected chi connectivity index (χ4v) is 4.13. The first-order chi connectivity index (χ1) is 11.4. The van der Waals surface area contributed by atoms with Crippen molar-refractivity contribution in [3.63, 3.8) is 0 Å². The first-order valence-electron chi connectivity index (χ1n) is 9.07. The summed E-state index contributed by atoms with van der Waals surface area (Å²) in [4.78, 5) is 3.52. The molecule has 1 aliphatic carbocycles. The molecule has 1 aromatic rings. The van der Waals surface area contributed by atoms with Gasteiger partial charge in [0.25, 0.3) is 0 Å². The molecule has 2 N–H and O–H groups in total.